The fourth-order valence-electron chi connectivity index (χ4n) is 2.73. The van der Waals surface area contributed by atoms with Gasteiger partial charge in [0.15, 0.2) is 17.3 Å². The van der Waals surface area contributed by atoms with Gasteiger partial charge in [0.1, 0.15) is 6.61 Å². The first-order chi connectivity index (χ1) is 14.3. The number of thioether (sulfide) groups is 1. The summed E-state index contributed by atoms with van der Waals surface area (Å²) in [4.78, 5) is 4.36. The molecule has 2 aromatic carbocycles. The van der Waals surface area contributed by atoms with E-state index in [-0.39, 0.29) is 0 Å². The van der Waals surface area contributed by atoms with Crippen molar-refractivity contribution in [3.63, 3.8) is 0 Å². The molecule has 0 amide bonds. The third-order valence-electron chi connectivity index (χ3n) is 4.10. The van der Waals surface area contributed by atoms with E-state index in [4.69, 9.17) is 30.0 Å². The second-order valence-electron chi connectivity index (χ2n) is 6.05. The quantitative estimate of drug-likeness (QED) is 0.423. The molecule has 1 aliphatic heterocycles. The molecular weight excluding hydrogens is 416 g/mol. The van der Waals surface area contributed by atoms with E-state index in [1.54, 1.807) is 6.07 Å². The van der Waals surface area contributed by atoms with Crippen molar-refractivity contribution in [2.45, 2.75) is 17.1 Å². The van der Waals surface area contributed by atoms with Gasteiger partial charge in [-0.2, -0.15) is 4.98 Å². The molecule has 0 bridgehead atoms. The second kappa shape index (κ2) is 7.76. The van der Waals surface area contributed by atoms with Crippen LogP contribution in [0.1, 0.15) is 17.8 Å². The Morgan fingerprint density at radius 2 is 1.86 bits per heavy atom. The van der Waals surface area contributed by atoms with Gasteiger partial charge in [-0.1, -0.05) is 52.8 Å². The Morgan fingerprint density at radius 1 is 1.03 bits per heavy atom. The lowest BCUT2D eigenvalue weighted by molar-refractivity contribution is 0.0686. The van der Waals surface area contributed by atoms with Crippen molar-refractivity contribution >= 4 is 23.4 Å². The fourth-order valence-corrected chi connectivity index (χ4v) is 3.56. The monoisotopic (exact) mass is 428 g/mol. The maximum Gasteiger partial charge on any atom is 0.277 e. The topological polar surface area (TPSA) is 96.3 Å². The SMILES string of the molecule is Clc1ccccc1-c1nc(CSc2nnc(C3COc4ccccc4O3)o2)no1. The smallest absolute Gasteiger partial charge is 0.277 e. The normalized spacial score (nSPS) is 15.4. The molecule has 0 aliphatic carbocycles. The minimum absolute atomic E-state index is 0.301. The molecular formula is C19H13ClN4O4S. The first kappa shape index (κ1) is 18.0. The Morgan fingerprint density at radius 3 is 2.76 bits per heavy atom. The van der Waals surface area contributed by atoms with E-state index in [9.17, 15) is 0 Å². The first-order valence-electron chi connectivity index (χ1n) is 8.68. The van der Waals surface area contributed by atoms with Gasteiger partial charge in [0.25, 0.3) is 17.0 Å². The van der Waals surface area contributed by atoms with E-state index < -0.39 is 6.10 Å². The van der Waals surface area contributed by atoms with E-state index in [1.165, 1.54) is 11.8 Å². The molecule has 29 heavy (non-hydrogen) atoms. The van der Waals surface area contributed by atoms with Crippen molar-refractivity contribution < 1.29 is 18.4 Å². The third-order valence-corrected chi connectivity index (χ3v) is 5.25. The molecule has 0 spiro atoms. The Labute approximate surface area is 174 Å². The zero-order valence-electron chi connectivity index (χ0n) is 14.8. The standard InChI is InChI=1S/C19H13ClN4O4S/c20-12-6-2-1-5-11(12)17-21-16(24-28-17)10-29-19-23-22-18(27-19)15-9-25-13-7-3-4-8-14(13)26-15/h1-8,15H,9-10H2. The molecule has 0 radical (unpaired) electrons. The van der Waals surface area contributed by atoms with Gasteiger partial charge in [-0.3, -0.25) is 0 Å². The molecule has 5 rings (SSSR count). The van der Waals surface area contributed by atoms with Gasteiger partial charge in [0.05, 0.1) is 16.3 Å². The summed E-state index contributed by atoms with van der Waals surface area (Å²) in [5, 5.41) is 13.0. The van der Waals surface area contributed by atoms with Crippen molar-refractivity contribution in [2.24, 2.45) is 0 Å². The molecule has 1 aliphatic rings. The van der Waals surface area contributed by atoms with Crippen LogP contribution >= 0.6 is 23.4 Å². The average molecular weight is 429 g/mol. The van der Waals surface area contributed by atoms with Gasteiger partial charge < -0.3 is 18.4 Å². The summed E-state index contributed by atoms with van der Waals surface area (Å²) >= 11 is 7.46. The van der Waals surface area contributed by atoms with Gasteiger partial charge in [-0.15, -0.1) is 10.2 Å². The lowest BCUT2D eigenvalue weighted by atomic mass is 10.2. The van der Waals surface area contributed by atoms with Gasteiger partial charge in [-0.05, 0) is 24.3 Å². The number of nitrogens with zero attached hydrogens (tertiary/aromatic N) is 4. The van der Waals surface area contributed by atoms with Gasteiger partial charge in [-0.25, -0.2) is 0 Å². The van der Waals surface area contributed by atoms with E-state index in [2.05, 4.69) is 20.3 Å². The molecule has 2 aromatic heterocycles. The van der Waals surface area contributed by atoms with Crippen LogP contribution in [0.3, 0.4) is 0 Å². The number of fused-ring (bicyclic) bond motifs is 1. The molecule has 146 valence electrons. The molecule has 1 atom stereocenters. The highest BCUT2D eigenvalue weighted by molar-refractivity contribution is 7.98. The summed E-state index contributed by atoms with van der Waals surface area (Å²) in [5.74, 6) is 2.96. The van der Waals surface area contributed by atoms with E-state index >= 15 is 0 Å². The second-order valence-corrected chi connectivity index (χ2v) is 7.39. The molecule has 0 saturated heterocycles. The predicted molar refractivity (Wildman–Crippen MR) is 104 cm³/mol. The Bertz CT molecular complexity index is 1150. The number of ether oxygens (including phenoxy) is 2. The minimum atomic E-state index is -0.455. The van der Waals surface area contributed by atoms with Gasteiger partial charge in [0.2, 0.25) is 6.10 Å². The molecule has 3 heterocycles. The summed E-state index contributed by atoms with van der Waals surface area (Å²) in [6, 6.07) is 14.7. The molecule has 0 fully saturated rings. The third kappa shape index (κ3) is 3.79. The van der Waals surface area contributed by atoms with Crippen molar-refractivity contribution in [3.05, 3.63) is 65.3 Å². The van der Waals surface area contributed by atoms with Crippen LogP contribution in [0.5, 0.6) is 11.5 Å². The lowest BCUT2D eigenvalue weighted by Crippen LogP contribution is -2.21. The molecule has 1 unspecified atom stereocenters. The Balaban J connectivity index is 1.23. The molecule has 10 heteroatoms. The van der Waals surface area contributed by atoms with Crippen molar-refractivity contribution in [3.8, 4) is 23.0 Å². The van der Waals surface area contributed by atoms with Crippen LogP contribution in [0.15, 0.2) is 62.7 Å². The van der Waals surface area contributed by atoms with Gasteiger partial charge in [0, 0.05) is 0 Å². The van der Waals surface area contributed by atoms with Crippen molar-refractivity contribution in [2.75, 3.05) is 6.61 Å². The summed E-state index contributed by atoms with van der Waals surface area (Å²) < 4.78 is 22.5. The highest BCUT2D eigenvalue weighted by atomic mass is 35.5. The maximum atomic E-state index is 6.16. The summed E-state index contributed by atoms with van der Waals surface area (Å²) in [6.45, 7) is 0.301. The molecule has 8 nitrogen and oxygen atoms in total. The number of para-hydroxylation sites is 2. The van der Waals surface area contributed by atoms with Crippen LogP contribution in [-0.2, 0) is 5.75 Å². The fraction of sp³-hybridized carbons (Fsp3) is 0.158. The number of benzene rings is 2. The number of rotatable bonds is 5. The largest absolute Gasteiger partial charge is 0.485 e. The van der Waals surface area contributed by atoms with Crippen molar-refractivity contribution in [1.29, 1.82) is 0 Å². The van der Waals surface area contributed by atoms with Crippen LogP contribution in [0.2, 0.25) is 5.02 Å². The number of hydrogen-bond donors (Lipinski definition) is 0. The van der Waals surface area contributed by atoms with Crippen LogP contribution < -0.4 is 9.47 Å². The number of halogens is 1. The Kier molecular flexibility index (Phi) is 4.82. The predicted octanol–water partition coefficient (Wildman–Crippen LogP) is 4.58. The molecule has 0 saturated carbocycles. The Hall–Kier alpha value is -3.04. The van der Waals surface area contributed by atoms with Crippen LogP contribution in [-0.4, -0.2) is 26.9 Å². The van der Waals surface area contributed by atoms with Crippen LogP contribution in [0.25, 0.3) is 11.5 Å². The minimum Gasteiger partial charge on any atom is -0.485 e. The van der Waals surface area contributed by atoms with Crippen LogP contribution in [0.4, 0.5) is 0 Å². The number of hydrogen-bond acceptors (Lipinski definition) is 9. The zero-order chi connectivity index (χ0) is 19.6. The molecule has 4 aromatic rings. The summed E-state index contributed by atoms with van der Waals surface area (Å²) in [6.07, 6.45) is -0.455. The van der Waals surface area contributed by atoms with Gasteiger partial charge >= 0.3 is 0 Å². The first-order valence-corrected chi connectivity index (χ1v) is 10.0. The van der Waals surface area contributed by atoms with Crippen LogP contribution in [0, 0.1) is 0 Å². The lowest BCUT2D eigenvalue weighted by Gasteiger charge is -2.23. The van der Waals surface area contributed by atoms with Crippen molar-refractivity contribution in [1.82, 2.24) is 20.3 Å². The summed E-state index contributed by atoms with van der Waals surface area (Å²) in [5.41, 5.74) is 0.688. The highest BCUT2D eigenvalue weighted by Gasteiger charge is 2.27. The average Bonchev–Trinajstić information content (AvgIpc) is 3.42. The van der Waals surface area contributed by atoms with E-state index in [0.717, 1.165) is 0 Å². The van der Waals surface area contributed by atoms with E-state index in [1.807, 2.05) is 42.5 Å². The highest BCUT2D eigenvalue weighted by Crippen LogP contribution is 2.36. The zero-order valence-corrected chi connectivity index (χ0v) is 16.4. The molecule has 0 N–H and O–H groups in total. The number of aromatic nitrogens is 4. The summed E-state index contributed by atoms with van der Waals surface area (Å²) in [7, 11) is 0. The maximum absolute atomic E-state index is 6.16. The van der Waals surface area contributed by atoms with E-state index in [0.29, 0.717) is 57.3 Å².